The Bertz CT molecular complexity index is 424. The fourth-order valence-electron chi connectivity index (χ4n) is 2.60. The maximum atomic E-state index is 14.2. The number of methoxy groups -OCH3 is 1. The summed E-state index contributed by atoms with van der Waals surface area (Å²) in [7, 11) is 1.39. The van der Waals surface area contributed by atoms with Gasteiger partial charge in [0.25, 0.3) is 0 Å². The molecule has 1 heterocycles. The molecule has 0 bridgehead atoms. The zero-order valence-corrected chi connectivity index (χ0v) is 11.9. The predicted molar refractivity (Wildman–Crippen MR) is 72.9 cm³/mol. The van der Waals surface area contributed by atoms with Crippen molar-refractivity contribution in [1.29, 1.82) is 0 Å². The molecule has 1 fully saturated rings. The van der Waals surface area contributed by atoms with E-state index in [9.17, 15) is 8.78 Å². The highest BCUT2D eigenvalue weighted by Crippen LogP contribution is 2.33. The molecule has 0 spiro atoms. The average Bonchev–Trinajstić information content (AvgIpc) is 2.95. The molecular weight excluding hydrogens is 264 g/mol. The molecule has 112 valence electrons. The van der Waals surface area contributed by atoms with Gasteiger partial charge >= 0.3 is 0 Å². The van der Waals surface area contributed by atoms with E-state index in [0.717, 1.165) is 12.8 Å². The highest BCUT2D eigenvalue weighted by molar-refractivity contribution is 5.33. The zero-order valence-electron chi connectivity index (χ0n) is 11.9. The summed E-state index contributed by atoms with van der Waals surface area (Å²) in [5, 5.41) is 3.25. The van der Waals surface area contributed by atoms with E-state index in [2.05, 4.69) is 5.32 Å². The Hall–Kier alpha value is -1.20. The van der Waals surface area contributed by atoms with Crippen LogP contribution in [0, 0.1) is 17.6 Å². The molecule has 1 aliphatic heterocycles. The molecule has 0 radical (unpaired) electrons. The van der Waals surface area contributed by atoms with Crippen LogP contribution in [0.1, 0.15) is 31.4 Å². The Morgan fingerprint density at radius 1 is 1.40 bits per heavy atom. The highest BCUT2D eigenvalue weighted by atomic mass is 19.1. The van der Waals surface area contributed by atoms with Crippen molar-refractivity contribution in [2.24, 2.45) is 5.92 Å². The smallest absolute Gasteiger partial charge is 0.134 e. The van der Waals surface area contributed by atoms with Crippen LogP contribution in [0.4, 0.5) is 8.78 Å². The van der Waals surface area contributed by atoms with Crippen molar-refractivity contribution in [2.75, 3.05) is 26.9 Å². The van der Waals surface area contributed by atoms with Crippen molar-refractivity contribution in [1.82, 2.24) is 5.32 Å². The van der Waals surface area contributed by atoms with Gasteiger partial charge in [0.05, 0.1) is 13.7 Å². The summed E-state index contributed by atoms with van der Waals surface area (Å²) in [5.41, 5.74) is 0.0924. The maximum Gasteiger partial charge on any atom is 0.134 e. The number of hydrogen-bond acceptors (Lipinski definition) is 3. The Balaban J connectivity index is 2.31. The molecule has 0 saturated carbocycles. The fourth-order valence-corrected chi connectivity index (χ4v) is 2.60. The lowest BCUT2D eigenvalue weighted by atomic mass is 9.91. The zero-order chi connectivity index (χ0) is 14.5. The number of ether oxygens (including phenoxy) is 2. The first-order valence-corrected chi connectivity index (χ1v) is 7.01. The fraction of sp³-hybridized carbons (Fsp3) is 0.600. The summed E-state index contributed by atoms with van der Waals surface area (Å²) >= 11 is 0. The third-order valence-electron chi connectivity index (χ3n) is 3.65. The molecular formula is C15H21F2NO2. The summed E-state index contributed by atoms with van der Waals surface area (Å²) < 4.78 is 38.7. The van der Waals surface area contributed by atoms with E-state index in [1.54, 1.807) is 0 Å². The molecule has 1 aromatic carbocycles. The summed E-state index contributed by atoms with van der Waals surface area (Å²) in [6.45, 7) is 3.92. The first kappa shape index (κ1) is 15.2. The minimum Gasteiger partial charge on any atom is -0.497 e. The number of halogens is 2. The van der Waals surface area contributed by atoms with E-state index in [1.165, 1.54) is 19.2 Å². The summed E-state index contributed by atoms with van der Waals surface area (Å²) in [6, 6.07) is 2.10. The molecule has 1 aromatic rings. The number of hydrogen-bond donors (Lipinski definition) is 1. The molecule has 1 saturated heterocycles. The lowest BCUT2D eigenvalue weighted by Gasteiger charge is -2.25. The Morgan fingerprint density at radius 2 is 2.10 bits per heavy atom. The standard InChI is InChI=1S/C15H21F2NO2/c1-3-5-18-15(10-4-6-20-9-10)14-12(16)7-11(19-2)8-13(14)17/h7-8,10,15,18H,3-6,9H2,1-2H3. The molecule has 2 unspecified atom stereocenters. The second kappa shape index (κ2) is 6.99. The Kier molecular flexibility index (Phi) is 5.31. The topological polar surface area (TPSA) is 30.5 Å². The van der Waals surface area contributed by atoms with Crippen LogP contribution in [0.5, 0.6) is 5.75 Å². The third kappa shape index (κ3) is 3.27. The number of nitrogens with one attached hydrogen (secondary N) is 1. The summed E-state index contributed by atoms with van der Waals surface area (Å²) in [6.07, 6.45) is 1.72. The minimum absolute atomic E-state index is 0.0924. The van der Waals surface area contributed by atoms with E-state index >= 15 is 0 Å². The predicted octanol–water partition coefficient (Wildman–Crippen LogP) is 3.05. The number of benzene rings is 1. The first-order valence-electron chi connectivity index (χ1n) is 7.01. The SMILES string of the molecule is CCCNC(c1c(F)cc(OC)cc1F)C1CCOC1. The van der Waals surface area contributed by atoms with Gasteiger partial charge in [0.2, 0.25) is 0 Å². The molecule has 2 atom stereocenters. The highest BCUT2D eigenvalue weighted by Gasteiger charge is 2.31. The van der Waals surface area contributed by atoms with Crippen molar-refractivity contribution in [3.63, 3.8) is 0 Å². The van der Waals surface area contributed by atoms with Crippen molar-refractivity contribution in [3.8, 4) is 5.75 Å². The van der Waals surface area contributed by atoms with E-state index in [-0.39, 0.29) is 23.3 Å². The van der Waals surface area contributed by atoms with Gasteiger partial charge in [0.1, 0.15) is 17.4 Å². The molecule has 3 nitrogen and oxygen atoms in total. The van der Waals surface area contributed by atoms with Gasteiger partial charge in [-0.1, -0.05) is 6.92 Å². The van der Waals surface area contributed by atoms with Crippen LogP contribution in [0.3, 0.4) is 0 Å². The van der Waals surface area contributed by atoms with Gasteiger partial charge in [0.15, 0.2) is 0 Å². The van der Waals surface area contributed by atoms with E-state index in [0.29, 0.717) is 19.8 Å². The summed E-state index contributed by atoms with van der Waals surface area (Å²) in [4.78, 5) is 0. The van der Waals surface area contributed by atoms with Crippen molar-refractivity contribution in [3.05, 3.63) is 29.3 Å². The average molecular weight is 285 g/mol. The van der Waals surface area contributed by atoms with Crippen LogP contribution in [-0.2, 0) is 4.74 Å². The molecule has 2 rings (SSSR count). The second-order valence-corrected chi connectivity index (χ2v) is 5.06. The van der Waals surface area contributed by atoms with Gasteiger partial charge < -0.3 is 14.8 Å². The normalized spacial score (nSPS) is 20.1. The van der Waals surface area contributed by atoms with E-state index < -0.39 is 11.6 Å². The molecule has 0 amide bonds. The molecule has 5 heteroatoms. The van der Waals surface area contributed by atoms with Crippen LogP contribution in [0.15, 0.2) is 12.1 Å². The van der Waals surface area contributed by atoms with Crippen LogP contribution in [0.2, 0.25) is 0 Å². The van der Waals surface area contributed by atoms with Gasteiger partial charge in [0, 0.05) is 36.3 Å². The molecule has 1 aliphatic rings. The van der Waals surface area contributed by atoms with Gasteiger partial charge in [-0.25, -0.2) is 8.78 Å². The maximum absolute atomic E-state index is 14.2. The van der Waals surface area contributed by atoms with Crippen LogP contribution >= 0.6 is 0 Å². The lowest BCUT2D eigenvalue weighted by molar-refractivity contribution is 0.175. The lowest BCUT2D eigenvalue weighted by Crippen LogP contribution is -2.31. The van der Waals surface area contributed by atoms with Crippen LogP contribution in [-0.4, -0.2) is 26.9 Å². The monoisotopic (exact) mass is 285 g/mol. The first-order chi connectivity index (χ1) is 9.67. The van der Waals surface area contributed by atoms with Gasteiger partial charge in [-0.05, 0) is 19.4 Å². The second-order valence-electron chi connectivity index (χ2n) is 5.06. The molecule has 0 aliphatic carbocycles. The van der Waals surface area contributed by atoms with E-state index in [4.69, 9.17) is 9.47 Å². The van der Waals surface area contributed by atoms with Crippen LogP contribution in [0.25, 0.3) is 0 Å². The molecule has 1 N–H and O–H groups in total. The van der Waals surface area contributed by atoms with Crippen molar-refractivity contribution in [2.45, 2.75) is 25.8 Å². The quantitative estimate of drug-likeness (QED) is 0.871. The van der Waals surface area contributed by atoms with Gasteiger partial charge in [-0.2, -0.15) is 0 Å². The largest absolute Gasteiger partial charge is 0.497 e. The third-order valence-corrected chi connectivity index (χ3v) is 3.65. The minimum atomic E-state index is -0.567. The molecule has 20 heavy (non-hydrogen) atoms. The van der Waals surface area contributed by atoms with Gasteiger partial charge in [-0.3, -0.25) is 0 Å². The number of rotatable bonds is 6. The van der Waals surface area contributed by atoms with E-state index in [1.807, 2.05) is 6.92 Å². The summed E-state index contributed by atoms with van der Waals surface area (Å²) in [5.74, 6) is -0.843. The Morgan fingerprint density at radius 3 is 2.60 bits per heavy atom. The van der Waals surface area contributed by atoms with Gasteiger partial charge in [-0.15, -0.1) is 0 Å². The van der Waals surface area contributed by atoms with Crippen molar-refractivity contribution >= 4 is 0 Å². The Labute approximate surface area is 118 Å². The van der Waals surface area contributed by atoms with Crippen molar-refractivity contribution < 1.29 is 18.3 Å². The molecule has 0 aromatic heterocycles. The van der Waals surface area contributed by atoms with Crippen LogP contribution < -0.4 is 10.1 Å².